The lowest BCUT2D eigenvalue weighted by atomic mass is 10.2. The molecule has 0 aliphatic carbocycles. The number of anilines is 1. The summed E-state index contributed by atoms with van der Waals surface area (Å²) in [5.74, 6) is 2.72. The van der Waals surface area contributed by atoms with Gasteiger partial charge in [0.05, 0.1) is 35.2 Å². The van der Waals surface area contributed by atoms with E-state index in [1.165, 1.54) is 0 Å². The standard InChI is InChI=1S/C21H22N8O/c1-11(2)29-10-23-18-20(22-9-16-24-14-7-5-6-8-15(14)25-16)26-19(27-21(18)29)17-12(3)28-30-13(17)4/h5-8,10-11H,9H2,1-4H3,(H,24,25)(H,22,26,27). The Morgan fingerprint density at radius 2 is 1.97 bits per heavy atom. The number of nitrogens with zero attached hydrogens (tertiary/aromatic N) is 6. The van der Waals surface area contributed by atoms with Gasteiger partial charge in [0, 0.05) is 6.04 Å². The monoisotopic (exact) mass is 402 g/mol. The van der Waals surface area contributed by atoms with Crippen LogP contribution >= 0.6 is 0 Å². The number of fused-ring (bicyclic) bond motifs is 2. The van der Waals surface area contributed by atoms with Gasteiger partial charge >= 0.3 is 0 Å². The molecule has 5 aromatic rings. The third kappa shape index (κ3) is 2.99. The molecule has 0 atom stereocenters. The van der Waals surface area contributed by atoms with Crippen molar-refractivity contribution in [2.75, 3.05) is 5.32 Å². The average Bonchev–Trinajstić information content (AvgIpc) is 3.42. The number of benzene rings is 1. The number of hydrogen-bond donors (Lipinski definition) is 2. The summed E-state index contributed by atoms with van der Waals surface area (Å²) < 4.78 is 7.37. The van der Waals surface area contributed by atoms with Crippen LogP contribution in [-0.2, 0) is 6.54 Å². The number of aromatic amines is 1. The van der Waals surface area contributed by atoms with Crippen LogP contribution in [0.5, 0.6) is 0 Å². The van der Waals surface area contributed by atoms with Crippen molar-refractivity contribution in [2.45, 2.75) is 40.3 Å². The van der Waals surface area contributed by atoms with E-state index in [0.717, 1.165) is 39.3 Å². The Hall–Kier alpha value is -3.75. The molecular weight excluding hydrogens is 380 g/mol. The van der Waals surface area contributed by atoms with Crippen LogP contribution in [0.4, 0.5) is 5.82 Å². The lowest BCUT2D eigenvalue weighted by molar-refractivity contribution is 0.393. The lowest BCUT2D eigenvalue weighted by Crippen LogP contribution is -2.07. The molecule has 0 spiro atoms. The number of nitrogens with one attached hydrogen (secondary N) is 2. The first-order valence-corrected chi connectivity index (χ1v) is 9.86. The molecule has 2 N–H and O–H groups in total. The highest BCUT2D eigenvalue weighted by atomic mass is 16.5. The zero-order chi connectivity index (χ0) is 20.8. The molecule has 1 aromatic carbocycles. The van der Waals surface area contributed by atoms with Crippen LogP contribution in [0.3, 0.4) is 0 Å². The van der Waals surface area contributed by atoms with E-state index in [1.807, 2.05) is 42.7 Å². The van der Waals surface area contributed by atoms with Gasteiger partial charge < -0.3 is 19.4 Å². The molecule has 0 amide bonds. The molecule has 4 aromatic heterocycles. The van der Waals surface area contributed by atoms with Gasteiger partial charge in [-0.15, -0.1) is 0 Å². The maximum Gasteiger partial charge on any atom is 0.169 e. The van der Waals surface area contributed by atoms with Gasteiger partial charge in [-0.25, -0.2) is 19.9 Å². The molecule has 5 rings (SSSR count). The molecule has 0 bridgehead atoms. The Morgan fingerprint density at radius 3 is 2.70 bits per heavy atom. The van der Waals surface area contributed by atoms with Gasteiger partial charge in [-0.2, -0.15) is 0 Å². The highest BCUT2D eigenvalue weighted by molar-refractivity contribution is 5.85. The van der Waals surface area contributed by atoms with Gasteiger partial charge in [-0.1, -0.05) is 17.3 Å². The van der Waals surface area contributed by atoms with Gasteiger partial charge in [0.2, 0.25) is 0 Å². The Labute approximate surface area is 172 Å². The zero-order valence-corrected chi connectivity index (χ0v) is 17.3. The smallest absolute Gasteiger partial charge is 0.169 e. The van der Waals surface area contributed by atoms with Gasteiger partial charge in [-0.3, -0.25) is 0 Å². The molecule has 9 nitrogen and oxygen atoms in total. The normalized spacial score (nSPS) is 11.8. The van der Waals surface area contributed by atoms with Crippen LogP contribution in [0.25, 0.3) is 33.6 Å². The summed E-state index contributed by atoms with van der Waals surface area (Å²) in [6, 6.07) is 8.17. The van der Waals surface area contributed by atoms with E-state index >= 15 is 0 Å². The molecule has 152 valence electrons. The Morgan fingerprint density at radius 1 is 1.13 bits per heavy atom. The summed E-state index contributed by atoms with van der Waals surface area (Å²) >= 11 is 0. The van der Waals surface area contributed by atoms with Crippen molar-refractivity contribution in [1.29, 1.82) is 0 Å². The second-order valence-electron chi connectivity index (χ2n) is 7.57. The molecule has 0 unspecified atom stereocenters. The van der Waals surface area contributed by atoms with E-state index in [0.29, 0.717) is 23.9 Å². The molecule has 9 heteroatoms. The predicted octanol–water partition coefficient (Wildman–Crippen LogP) is 4.17. The van der Waals surface area contributed by atoms with Crippen molar-refractivity contribution in [1.82, 2.24) is 34.6 Å². The summed E-state index contributed by atoms with van der Waals surface area (Å²) in [5.41, 5.74) is 4.98. The number of aryl methyl sites for hydroxylation is 2. The van der Waals surface area contributed by atoms with E-state index in [-0.39, 0.29) is 6.04 Å². The maximum atomic E-state index is 5.34. The second kappa shape index (κ2) is 6.94. The summed E-state index contributed by atoms with van der Waals surface area (Å²) in [7, 11) is 0. The fraction of sp³-hybridized carbons (Fsp3) is 0.286. The van der Waals surface area contributed by atoms with Gasteiger partial charge in [0.15, 0.2) is 17.3 Å². The summed E-state index contributed by atoms with van der Waals surface area (Å²) in [6.07, 6.45) is 1.80. The summed E-state index contributed by atoms with van der Waals surface area (Å²) in [5, 5.41) is 7.44. The minimum Gasteiger partial charge on any atom is -0.361 e. The fourth-order valence-electron chi connectivity index (χ4n) is 3.59. The Bertz CT molecular complexity index is 1310. The topological polar surface area (TPSA) is 110 Å². The molecule has 0 radical (unpaired) electrons. The number of H-pyrrole nitrogens is 1. The first-order chi connectivity index (χ1) is 14.5. The van der Waals surface area contributed by atoms with Gasteiger partial charge in [-0.05, 0) is 39.8 Å². The van der Waals surface area contributed by atoms with E-state index in [1.54, 1.807) is 6.33 Å². The van der Waals surface area contributed by atoms with Gasteiger partial charge in [0.25, 0.3) is 0 Å². The van der Waals surface area contributed by atoms with E-state index < -0.39 is 0 Å². The quantitative estimate of drug-likeness (QED) is 0.454. The molecule has 0 saturated heterocycles. The van der Waals surface area contributed by atoms with Crippen molar-refractivity contribution in [3.05, 3.63) is 47.9 Å². The van der Waals surface area contributed by atoms with Crippen molar-refractivity contribution in [3.63, 3.8) is 0 Å². The molecule has 30 heavy (non-hydrogen) atoms. The number of para-hydroxylation sites is 2. The molecule has 4 heterocycles. The maximum absolute atomic E-state index is 5.34. The number of hydrogen-bond acceptors (Lipinski definition) is 7. The summed E-state index contributed by atoms with van der Waals surface area (Å²) in [4.78, 5) is 22.1. The lowest BCUT2D eigenvalue weighted by Gasteiger charge is -2.10. The Balaban J connectivity index is 1.59. The van der Waals surface area contributed by atoms with E-state index in [4.69, 9.17) is 14.5 Å². The molecule has 0 aliphatic heterocycles. The highest BCUT2D eigenvalue weighted by Gasteiger charge is 2.20. The minimum absolute atomic E-state index is 0.214. The number of imidazole rings is 2. The van der Waals surface area contributed by atoms with E-state index in [9.17, 15) is 0 Å². The first kappa shape index (κ1) is 18.3. The van der Waals surface area contributed by atoms with Crippen LogP contribution in [0.2, 0.25) is 0 Å². The molecule has 0 aliphatic rings. The van der Waals surface area contributed by atoms with Crippen molar-refractivity contribution in [3.8, 4) is 11.4 Å². The van der Waals surface area contributed by atoms with Crippen LogP contribution in [0.15, 0.2) is 35.1 Å². The second-order valence-corrected chi connectivity index (χ2v) is 7.57. The molecule has 0 saturated carbocycles. The van der Waals surface area contributed by atoms with E-state index in [2.05, 4.69) is 39.3 Å². The average molecular weight is 402 g/mol. The van der Waals surface area contributed by atoms with Crippen LogP contribution in [0.1, 0.15) is 37.2 Å². The van der Waals surface area contributed by atoms with Crippen LogP contribution < -0.4 is 5.32 Å². The third-order valence-electron chi connectivity index (χ3n) is 5.10. The Kier molecular flexibility index (Phi) is 4.23. The SMILES string of the molecule is Cc1noc(C)c1-c1nc(NCc2nc3ccccc3[nH]2)c2ncn(C(C)C)c2n1. The fourth-order valence-corrected chi connectivity index (χ4v) is 3.59. The van der Waals surface area contributed by atoms with Crippen molar-refractivity contribution in [2.24, 2.45) is 0 Å². The highest BCUT2D eigenvalue weighted by Crippen LogP contribution is 2.29. The number of aromatic nitrogens is 7. The zero-order valence-electron chi connectivity index (χ0n) is 17.3. The molecule has 0 fully saturated rings. The predicted molar refractivity (Wildman–Crippen MR) is 114 cm³/mol. The van der Waals surface area contributed by atoms with Crippen molar-refractivity contribution >= 4 is 28.0 Å². The van der Waals surface area contributed by atoms with Crippen LogP contribution in [-0.4, -0.2) is 34.6 Å². The third-order valence-corrected chi connectivity index (χ3v) is 5.10. The van der Waals surface area contributed by atoms with Crippen molar-refractivity contribution < 1.29 is 4.52 Å². The summed E-state index contributed by atoms with van der Waals surface area (Å²) in [6.45, 7) is 8.43. The first-order valence-electron chi connectivity index (χ1n) is 9.86. The largest absolute Gasteiger partial charge is 0.361 e. The van der Waals surface area contributed by atoms with Crippen LogP contribution in [0, 0.1) is 13.8 Å². The minimum atomic E-state index is 0.214. The number of rotatable bonds is 5. The molecular formula is C21H22N8O. The van der Waals surface area contributed by atoms with Gasteiger partial charge in [0.1, 0.15) is 17.1 Å².